The molecule has 1 heterocycles. The van der Waals surface area contributed by atoms with Crippen LogP contribution in [0.15, 0.2) is 89.9 Å². The van der Waals surface area contributed by atoms with E-state index in [1.807, 2.05) is 50.2 Å². The van der Waals surface area contributed by atoms with Crippen molar-refractivity contribution in [2.24, 2.45) is 10.7 Å². The Bertz CT molecular complexity index is 2030. The average molecular weight is 718 g/mol. The molecule has 278 valence electrons. The number of benzene rings is 5. The highest BCUT2D eigenvalue weighted by atomic mass is 16.5. The Labute approximate surface area is 312 Å². The third-order valence-electron chi connectivity index (χ3n) is 9.29. The SMILES string of the molecule is CCOCCOc1ccc2cc(OCCCCc3ccc(CCCCOc4ccc5cc(OCCOCC)ccc5c4)c4c3C(=N)N=C4N)ccc2c1. The van der Waals surface area contributed by atoms with Crippen LogP contribution in [0.25, 0.3) is 21.5 Å². The van der Waals surface area contributed by atoms with Crippen LogP contribution in [0.1, 0.15) is 61.8 Å². The minimum absolute atomic E-state index is 0.258. The van der Waals surface area contributed by atoms with E-state index in [1.54, 1.807) is 0 Å². The Hall–Kier alpha value is -5.12. The number of amidine groups is 2. The lowest BCUT2D eigenvalue weighted by Crippen LogP contribution is -2.15. The standard InChI is InChI=1S/C44H51N3O6/c1-3-48-23-25-52-39-19-15-33-27-37(17-13-35(33)29-39)50-21-7-5-9-31-11-12-32(42-41(31)43(45)47-44(42)46)10-6-8-22-51-38-18-14-36-30-40(20-16-34(36)28-38)53-26-24-49-4-2/h11-20,27-30H,3-10,21-26H2,1-2H3,(H3,45,46,47). The van der Waals surface area contributed by atoms with Gasteiger partial charge in [-0.2, -0.15) is 0 Å². The number of fused-ring (bicyclic) bond motifs is 3. The first kappa shape index (κ1) is 37.6. The van der Waals surface area contributed by atoms with Crippen LogP contribution >= 0.6 is 0 Å². The number of ether oxygens (including phenoxy) is 6. The second-order valence-electron chi connectivity index (χ2n) is 13.0. The molecule has 3 N–H and O–H groups in total. The van der Waals surface area contributed by atoms with E-state index < -0.39 is 0 Å². The van der Waals surface area contributed by atoms with Gasteiger partial charge >= 0.3 is 0 Å². The maximum Gasteiger partial charge on any atom is 0.155 e. The number of aliphatic imine (C=N–C) groups is 1. The van der Waals surface area contributed by atoms with Gasteiger partial charge in [0.15, 0.2) is 5.84 Å². The third-order valence-corrected chi connectivity index (χ3v) is 9.29. The summed E-state index contributed by atoms with van der Waals surface area (Å²) >= 11 is 0. The van der Waals surface area contributed by atoms with Gasteiger partial charge in [0, 0.05) is 24.3 Å². The fourth-order valence-corrected chi connectivity index (χ4v) is 6.60. The summed E-state index contributed by atoms with van der Waals surface area (Å²) in [5.41, 5.74) is 10.4. The summed E-state index contributed by atoms with van der Waals surface area (Å²) in [5, 5.41) is 13.0. The molecule has 0 bridgehead atoms. The highest BCUT2D eigenvalue weighted by Gasteiger charge is 2.24. The normalized spacial score (nSPS) is 12.3. The summed E-state index contributed by atoms with van der Waals surface area (Å²) in [6, 6.07) is 28.8. The van der Waals surface area contributed by atoms with Gasteiger partial charge < -0.3 is 34.2 Å². The number of unbranched alkanes of at least 4 members (excludes halogenated alkanes) is 2. The van der Waals surface area contributed by atoms with Crippen LogP contribution in [-0.2, 0) is 22.3 Å². The molecule has 5 aromatic rings. The first-order valence-electron chi connectivity index (χ1n) is 18.8. The molecule has 0 atom stereocenters. The quantitative estimate of drug-likeness (QED) is 0.0688. The topological polar surface area (TPSA) is 118 Å². The molecule has 0 aromatic heterocycles. The Morgan fingerprint density at radius 2 is 0.887 bits per heavy atom. The lowest BCUT2D eigenvalue weighted by atomic mass is 9.91. The molecule has 0 saturated carbocycles. The third kappa shape index (κ3) is 10.3. The van der Waals surface area contributed by atoms with Crippen molar-refractivity contribution in [1.29, 1.82) is 5.41 Å². The largest absolute Gasteiger partial charge is 0.494 e. The minimum atomic E-state index is 0.258. The first-order chi connectivity index (χ1) is 26.0. The van der Waals surface area contributed by atoms with Crippen molar-refractivity contribution in [2.45, 2.75) is 52.4 Å². The van der Waals surface area contributed by atoms with Crippen molar-refractivity contribution in [2.75, 3.05) is 52.9 Å². The van der Waals surface area contributed by atoms with Crippen molar-refractivity contribution in [3.05, 3.63) is 107 Å². The molecule has 1 aliphatic rings. The van der Waals surface area contributed by atoms with E-state index in [1.165, 1.54) is 0 Å². The van der Waals surface area contributed by atoms with Gasteiger partial charge in [0.05, 0.1) is 26.4 Å². The molecule has 0 unspecified atom stereocenters. The number of nitrogens with one attached hydrogen (secondary N) is 1. The number of hydrogen-bond donors (Lipinski definition) is 2. The van der Waals surface area contributed by atoms with Crippen LogP contribution in [-0.4, -0.2) is 64.5 Å². The monoisotopic (exact) mass is 717 g/mol. The van der Waals surface area contributed by atoms with Crippen LogP contribution in [0.5, 0.6) is 23.0 Å². The molecule has 1 aliphatic heterocycles. The number of rotatable bonds is 22. The molecule has 0 radical (unpaired) electrons. The van der Waals surface area contributed by atoms with Crippen molar-refractivity contribution < 1.29 is 28.4 Å². The summed E-state index contributed by atoms with van der Waals surface area (Å²) in [7, 11) is 0. The van der Waals surface area contributed by atoms with Gasteiger partial charge in [-0.1, -0.05) is 36.4 Å². The van der Waals surface area contributed by atoms with E-state index in [0.29, 0.717) is 58.7 Å². The number of aryl methyl sites for hydroxylation is 2. The van der Waals surface area contributed by atoms with E-state index >= 15 is 0 Å². The molecule has 9 nitrogen and oxygen atoms in total. The minimum Gasteiger partial charge on any atom is -0.494 e. The smallest absolute Gasteiger partial charge is 0.155 e. The Morgan fingerprint density at radius 3 is 1.30 bits per heavy atom. The van der Waals surface area contributed by atoms with Crippen molar-refractivity contribution in [1.82, 2.24) is 0 Å². The number of nitrogens with two attached hydrogens (primary N) is 1. The van der Waals surface area contributed by atoms with E-state index in [4.69, 9.17) is 39.6 Å². The molecule has 0 amide bonds. The fourth-order valence-electron chi connectivity index (χ4n) is 6.60. The summed E-state index contributed by atoms with van der Waals surface area (Å²) in [5.74, 6) is 4.09. The number of hydrogen-bond acceptors (Lipinski definition) is 8. The molecular weight excluding hydrogens is 666 g/mol. The maximum absolute atomic E-state index is 8.57. The van der Waals surface area contributed by atoms with Gasteiger partial charge in [0.1, 0.15) is 42.0 Å². The highest BCUT2D eigenvalue weighted by Crippen LogP contribution is 2.29. The van der Waals surface area contributed by atoms with Crippen LogP contribution in [0.4, 0.5) is 0 Å². The van der Waals surface area contributed by atoms with E-state index in [0.717, 1.165) is 105 Å². The lowest BCUT2D eigenvalue weighted by Gasteiger charge is -2.14. The first-order valence-corrected chi connectivity index (χ1v) is 18.8. The molecule has 5 aromatic carbocycles. The summed E-state index contributed by atoms with van der Waals surface area (Å²) in [4.78, 5) is 4.35. The van der Waals surface area contributed by atoms with Gasteiger partial charge in [-0.25, -0.2) is 4.99 Å². The van der Waals surface area contributed by atoms with Crippen LogP contribution in [0.2, 0.25) is 0 Å². The molecule has 9 heteroatoms. The van der Waals surface area contributed by atoms with Crippen LogP contribution in [0, 0.1) is 5.41 Å². The zero-order chi connectivity index (χ0) is 36.8. The second-order valence-corrected chi connectivity index (χ2v) is 13.0. The van der Waals surface area contributed by atoms with E-state index in [2.05, 4.69) is 53.5 Å². The Morgan fingerprint density at radius 1 is 0.491 bits per heavy atom. The van der Waals surface area contributed by atoms with Crippen LogP contribution < -0.4 is 24.7 Å². The molecule has 0 saturated heterocycles. The highest BCUT2D eigenvalue weighted by molar-refractivity contribution is 6.22. The summed E-state index contributed by atoms with van der Waals surface area (Å²) in [6.07, 6.45) is 5.36. The zero-order valence-electron chi connectivity index (χ0n) is 31.0. The molecule has 0 spiro atoms. The van der Waals surface area contributed by atoms with Gasteiger partial charge in [-0.3, -0.25) is 5.41 Å². The lowest BCUT2D eigenvalue weighted by molar-refractivity contribution is 0.110. The van der Waals surface area contributed by atoms with E-state index in [9.17, 15) is 0 Å². The van der Waals surface area contributed by atoms with Gasteiger partial charge in [-0.15, -0.1) is 0 Å². The average Bonchev–Trinajstić information content (AvgIpc) is 3.48. The molecule has 0 aliphatic carbocycles. The van der Waals surface area contributed by atoms with Crippen molar-refractivity contribution in [3.63, 3.8) is 0 Å². The molecule has 53 heavy (non-hydrogen) atoms. The van der Waals surface area contributed by atoms with Crippen molar-refractivity contribution >= 4 is 33.2 Å². The predicted octanol–water partition coefficient (Wildman–Crippen LogP) is 8.67. The van der Waals surface area contributed by atoms with E-state index in [-0.39, 0.29) is 5.84 Å². The zero-order valence-corrected chi connectivity index (χ0v) is 31.0. The maximum atomic E-state index is 8.57. The molecule has 6 rings (SSSR count). The molecule has 0 fully saturated rings. The molecular formula is C44H51N3O6. The summed E-state index contributed by atoms with van der Waals surface area (Å²) in [6.45, 7) is 8.82. The Kier molecular flexibility index (Phi) is 13.6. The fraction of sp³-hybridized carbons (Fsp3) is 0.364. The van der Waals surface area contributed by atoms with Gasteiger partial charge in [-0.05, 0) is 134 Å². The summed E-state index contributed by atoms with van der Waals surface area (Å²) < 4.78 is 34.5. The Balaban J connectivity index is 0.941. The second kappa shape index (κ2) is 19.1. The number of nitrogens with zero attached hydrogens (tertiary/aromatic N) is 1. The van der Waals surface area contributed by atoms with Gasteiger partial charge in [0.25, 0.3) is 0 Å². The van der Waals surface area contributed by atoms with Gasteiger partial charge in [0.2, 0.25) is 0 Å². The van der Waals surface area contributed by atoms with Crippen molar-refractivity contribution in [3.8, 4) is 23.0 Å². The predicted molar refractivity (Wildman–Crippen MR) is 213 cm³/mol. The van der Waals surface area contributed by atoms with Crippen LogP contribution in [0.3, 0.4) is 0 Å².